The lowest BCUT2D eigenvalue weighted by Gasteiger charge is -2.04. The van der Waals surface area contributed by atoms with Crippen molar-refractivity contribution in [3.63, 3.8) is 0 Å². The zero-order valence-corrected chi connectivity index (χ0v) is 9.38. The van der Waals surface area contributed by atoms with Gasteiger partial charge >= 0.3 is 5.95 Å². The van der Waals surface area contributed by atoms with Crippen LogP contribution in [-0.4, -0.2) is 19.7 Å². The molecule has 0 aliphatic heterocycles. The average molecular weight is 257 g/mol. The second kappa shape index (κ2) is 4.10. The van der Waals surface area contributed by atoms with Crippen molar-refractivity contribution in [2.75, 3.05) is 0 Å². The molecule has 0 aliphatic carbocycles. The predicted octanol–water partition coefficient (Wildman–Crippen LogP) is 2.64. The van der Waals surface area contributed by atoms with Crippen molar-refractivity contribution in [3.8, 4) is 5.69 Å². The Hall–Kier alpha value is -2.88. The Bertz CT molecular complexity index is 798. The molecule has 1 aromatic carbocycles. The molecule has 0 bridgehead atoms. The normalized spacial score (nSPS) is 10.6. The number of nitrogens with zero attached hydrogens (tertiary/aromatic N) is 5. The fourth-order valence-corrected chi connectivity index (χ4v) is 1.72. The van der Waals surface area contributed by atoms with Gasteiger partial charge in [-0.05, 0) is 12.1 Å². The van der Waals surface area contributed by atoms with Gasteiger partial charge in [-0.2, -0.15) is 14.8 Å². The van der Waals surface area contributed by atoms with Gasteiger partial charge in [-0.3, -0.25) is 0 Å². The van der Waals surface area contributed by atoms with Crippen LogP contribution in [0, 0.1) is 18.2 Å². The highest BCUT2D eigenvalue weighted by Crippen LogP contribution is 2.22. The van der Waals surface area contributed by atoms with E-state index in [1.165, 1.54) is 18.5 Å². The first-order valence-electron chi connectivity index (χ1n) is 5.23. The second-order valence-corrected chi connectivity index (χ2v) is 3.69. The summed E-state index contributed by atoms with van der Waals surface area (Å²) >= 11 is 0. The van der Waals surface area contributed by atoms with Crippen LogP contribution in [0.4, 0.5) is 14.7 Å². The van der Waals surface area contributed by atoms with Crippen LogP contribution < -0.4 is 0 Å². The average Bonchev–Trinajstić information content (AvgIpc) is 2.81. The molecule has 0 saturated heterocycles. The first-order chi connectivity index (χ1) is 9.20. The van der Waals surface area contributed by atoms with Gasteiger partial charge in [-0.25, -0.2) is 8.78 Å². The van der Waals surface area contributed by atoms with Crippen LogP contribution >= 0.6 is 0 Å². The van der Waals surface area contributed by atoms with Gasteiger partial charge in [0.1, 0.15) is 5.69 Å². The van der Waals surface area contributed by atoms with Crippen molar-refractivity contribution < 1.29 is 8.78 Å². The molecule has 0 radical (unpaired) electrons. The summed E-state index contributed by atoms with van der Waals surface area (Å²) < 4.78 is 28.5. The lowest BCUT2D eigenvalue weighted by molar-refractivity contribution is 0.562. The lowest BCUT2D eigenvalue weighted by atomic mass is 10.3. The number of hydrogen-bond acceptors (Lipinski definition) is 3. The number of hydrogen-bond donors (Lipinski definition) is 0. The standard InChI is InChI=1S/C12H5F2N5/c1-15-12-16-5-7-6-17-19(11(7)18-12)10-8(13)3-2-4-9(10)14/h2-6H. The highest BCUT2D eigenvalue weighted by molar-refractivity contribution is 5.76. The van der Waals surface area contributed by atoms with Crippen molar-refractivity contribution in [1.29, 1.82) is 0 Å². The van der Waals surface area contributed by atoms with Crippen molar-refractivity contribution in [3.05, 3.63) is 53.6 Å². The minimum atomic E-state index is -0.757. The van der Waals surface area contributed by atoms with Gasteiger partial charge in [-0.1, -0.05) is 6.07 Å². The summed E-state index contributed by atoms with van der Waals surface area (Å²) in [4.78, 5) is 10.8. The monoisotopic (exact) mass is 257 g/mol. The predicted molar refractivity (Wildman–Crippen MR) is 62.8 cm³/mol. The van der Waals surface area contributed by atoms with Crippen LogP contribution in [0.3, 0.4) is 0 Å². The quantitative estimate of drug-likeness (QED) is 0.629. The lowest BCUT2D eigenvalue weighted by Crippen LogP contribution is -2.03. The van der Waals surface area contributed by atoms with Crippen LogP contribution in [0.25, 0.3) is 21.6 Å². The molecule has 0 N–H and O–H groups in total. The van der Waals surface area contributed by atoms with Gasteiger partial charge in [0.15, 0.2) is 11.6 Å². The molecule has 5 nitrogen and oxygen atoms in total. The Balaban J connectivity index is 2.34. The molecule has 0 atom stereocenters. The Morgan fingerprint density at radius 1 is 1.16 bits per heavy atom. The van der Waals surface area contributed by atoms with Crippen LogP contribution in [0.1, 0.15) is 0 Å². The number of fused-ring (bicyclic) bond motifs is 1. The summed E-state index contributed by atoms with van der Waals surface area (Å²) in [6.07, 6.45) is 2.77. The van der Waals surface area contributed by atoms with E-state index in [1.807, 2.05) is 0 Å². The maximum atomic E-state index is 13.7. The topological polar surface area (TPSA) is 48.0 Å². The number of rotatable bonds is 1. The SMILES string of the molecule is [C-]#[N+]c1ncc2cnn(-c3c(F)cccc3F)c2n1. The van der Waals surface area contributed by atoms with E-state index in [2.05, 4.69) is 19.9 Å². The van der Waals surface area contributed by atoms with Crippen LogP contribution in [0.15, 0.2) is 30.6 Å². The molecular weight excluding hydrogens is 252 g/mol. The molecule has 0 fully saturated rings. The van der Waals surface area contributed by atoms with Gasteiger partial charge in [0.2, 0.25) is 5.65 Å². The smallest absolute Gasteiger partial charge is 0.373 e. The Labute approximate surface area is 106 Å². The van der Waals surface area contributed by atoms with E-state index in [-0.39, 0.29) is 17.3 Å². The van der Waals surface area contributed by atoms with Crippen LogP contribution in [0.5, 0.6) is 0 Å². The molecular formula is C12H5F2N5. The molecule has 7 heteroatoms. The molecule has 92 valence electrons. The number of aromatic nitrogens is 4. The maximum Gasteiger partial charge on any atom is 0.373 e. The summed E-state index contributed by atoms with van der Waals surface area (Å²) in [6.45, 7) is 6.85. The molecule has 0 saturated carbocycles. The third-order valence-electron chi connectivity index (χ3n) is 2.55. The van der Waals surface area contributed by atoms with Gasteiger partial charge in [0, 0.05) is 0 Å². The van der Waals surface area contributed by atoms with E-state index < -0.39 is 11.6 Å². The van der Waals surface area contributed by atoms with E-state index >= 15 is 0 Å². The summed E-state index contributed by atoms with van der Waals surface area (Å²) in [5.41, 5.74) is -0.142. The molecule has 0 unspecified atom stereocenters. The zero-order valence-electron chi connectivity index (χ0n) is 9.38. The summed E-state index contributed by atoms with van der Waals surface area (Å²) in [7, 11) is 0. The summed E-state index contributed by atoms with van der Waals surface area (Å²) in [6, 6.07) is 3.52. The summed E-state index contributed by atoms with van der Waals surface area (Å²) in [5.74, 6) is -1.62. The second-order valence-electron chi connectivity index (χ2n) is 3.69. The summed E-state index contributed by atoms with van der Waals surface area (Å²) in [5, 5.41) is 4.39. The van der Waals surface area contributed by atoms with Gasteiger partial charge < -0.3 is 4.85 Å². The fourth-order valence-electron chi connectivity index (χ4n) is 1.72. The largest absolute Gasteiger partial charge is 0.394 e. The van der Waals surface area contributed by atoms with Crippen molar-refractivity contribution >= 4 is 17.0 Å². The first-order valence-corrected chi connectivity index (χ1v) is 5.23. The third-order valence-corrected chi connectivity index (χ3v) is 2.55. The zero-order chi connectivity index (χ0) is 13.4. The molecule has 0 aliphatic rings. The van der Waals surface area contributed by atoms with Gasteiger partial charge in [-0.15, -0.1) is 11.6 Å². The fraction of sp³-hybridized carbons (Fsp3) is 0. The van der Waals surface area contributed by atoms with E-state index in [0.29, 0.717) is 5.39 Å². The highest BCUT2D eigenvalue weighted by atomic mass is 19.1. The Kier molecular flexibility index (Phi) is 2.42. The molecule has 2 aromatic heterocycles. The molecule has 19 heavy (non-hydrogen) atoms. The van der Waals surface area contributed by atoms with E-state index in [9.17, 15) is 8.78 Å². The number of para-hydroxylation sites is 1. The molecule has 0 spiro atoms. The minimum absolute atomic E-state index is 0.106. The Morgan fingerprint density at radius 2 is 1.89 bits per heavy atom. The molecule has 3 rings (SSSR count). The van der Waals surface area contributed by atoms with E-state index in [4.69, 9.17) is 6.57 Å². The van der Waals surface area contributed by atoms with Crippen molar-refractivity contribution in [2.24, 2.45) is 0 Å². The van der Waals surface area contributed by atoms with Crippen molar-refractivity contribution in [2.45, 2.75) is 0 Å². The molecule has 3 aromatic rings. The highest BCUT2D eigenvalue weighted by Gasteiger charge is 2.17. The van der Waals surface area contributed by atoms with E-state index in [1.54, 1.807) is 0 Å². The van der Waals surface area contributed by atoms with Crippen LogP contribution in [-0.2, 0) is 0 Å². The number of benzene rings is 1. The Morgan fingerprint density at radius 3 is 2.58 bits per heavy atom. The van der Waals surface area contributed by atoms with Gasteiger partial charge in [0.05, 0.1) is 17.8 Å². The molecule has 0 amide bonds. The van der Waals surface area contributed by atoms with E-state index in [0.717, 1.165) is 16.8 Å². The minimum Gasteiger partial charge on any atom is -0.394 e. The van der Waals surface area contributed by atoms with Crippen molar-refractivity contribution in [1.82, 2.24) is 19.7 Å². The first kappa shape index (κ1) is 11.2. The molecule has 2 heterocycles. The maximum absolute atomic E-state index is 13.7. The number of halogens is 2. The third kappa shape index (κ3) is 1.70. The van der Waals surface area contributed by atoms with Crippen LogP contribution in [0.2, 0.25) is 0 Å². The van der Waals surface area contributed by atoms with Gasteiger partial charge in [0.25, 0.3) is 0 Å².